The van der Waals surface area contributed by atoms with E-state index in [9.17, 15) is 9.18 Å². The number of hydrogen-bond donors (Lipinski definition) is 1. The molecule has 2 fully saturated rings. The molecule has 1 aliphatic carbocycles. The summed E-state index contributed by atoms with van der Waals surface area (Å²) in [5.74, 6) is 0.775. The van der Waals surface area contributed by atoms with E-state index in [1.807, 2.05) is 33.8 Å². The van der Waals surface area contributed by atoms with Crippen molar-refractivity contribution in [3.05, 3.63) is 48.2 Å². The predicted octanol–water partition coefficient (Wildman–Crippen LogP) is 5.17. The third kappa shape index (κ3) is 5.66. The fraction of sp³-hybridized carbons (Fsp3) is 0.542. The van der Waals surface area contributed by atoms with E-state index in [0.29, 0.717) is 42.9 Å². The summed E-state index contributed by atoms with van der Waals surface area (Å²) >= 11 is 0. The molecule has 32 heavy (non-hydrogen) atoms. The van der Waals surface area contributed by atoms with Crippen molar-refractivity contribution in [1.82, 2.24) is 14.9 Å². The number of anilines is 1. The van der Waals surface area contributed by atoms with E-state index in [0.717, 1.165) is 19.3 Å². The lowest BCUT2D eigenvalue weighted by Crippen LogP contribution is -2.41. The summed E-state index contributed by atoms with van der Waals surface area (Å²) in [6.07, 6.45) is 9.11. The second-order valence-corrected chi connectivity index (χ2v) is 8.78. The fourth-order valence-corrected chi connectivity index (χ4v) is 3.95. The average Bonchev–Trinajstić information content (AvgIpc) is 3.46. The number of allylic oxidation sites excluding steroid dienone is 4. The van der Waals surface area contributed by atoms with Gasteiger partial charge in [0.05, 0.1) is 24.0 Å². The first kappa shape index (κ1) is 23.8. The highest BCUT2D eigenvalue weighted by Gasteiger charge is 2.58. The van der Waals surface area contributed by atoms with E-state index in [-0.39, 0.29) is 23.3 Å². The van der Waals surface area contributed by atoms with E-state index >= 15 is 0 Å². The van der Waals surface area contributed by atoms with E-state index in [4.69, 9.17) is 9.47 Å². The zero-order valence-corrected chi connectivity index (χ0v) is 19.4. The molecule has 0 radical (unpaired) electrons. The number of ether oxygens (including phenoxy) is 2. The monoisotopic (exact) mass is 444 g/mol. The zero-order valence-electron chi connectivity index (χ0n) is 19.4. The summed E-state index contributed by atoms with van der Waals surface area (Å²) in [6.45, 7) is 12.8. The van der Waals surface area contributed by atoms with Crippen LogP contribution in [0.15, 0.2) is 42.7 Å². The van der Waals surface area contributed by atoms with Gasteiger partial charge >= 0.3 is 6.09 Å². The first-order valence-electron chi connectivity index (χ1n) is 11.1. The molecule has 8 heteroatoms. The Morgan fingerprint density at radius 1 is 1.47 bits per heavy atom. The lowest BCUT2D eigenvalue weighted by Gasteiger charge is -2.31. The molecule has 1 N–H and O–H groups in total. The van der Waals surface area contributed by atoms with Gasteiger partial charge in [0.15, 0.2) is 0 Å². The van der Waals surface area contributed by atoms with Crippen LogP contribution in [-0.4, -0.2) is 46.8 Å². The van der Waals surface area contributed by atoms with Gasteiger partial charge in [0.1, 0.15) is 18.0 Å². The van der Waals surface area contributed by atoms with Crippen LogP contribution in [0.4, 0.5) is 15.0 Å². The summed E-state index contributed by atoms with van der Waals surface area (Å²) in [7, 11) is 0. The molecule has 2 aliphatic rings. The summed E-state index contributed by atoms with van der Waals surface area (Å²) in [6, 6.07) is 0. The molecule has 1 saturated carbocycles. The lowest BCUT2D eigenvalue weighted by atomic mass is 9.96. The highest BCUT2D eigenvalue weighted by atomic mass is 19.1. The molecule has 2 atom stereocenters. The molecular formula is C24H33FN4O3. The third-order valence-electron chi connectivity index (χ3n) is 5.99. The molecule has 1 aliphatic heterocycles. The van der Waals surface area contributed by atoms with Crippen molar-refractivity contribution in [3.63, 3.8) is 0 Å². The van der Waals surface area contributed by atoms with Crippen molar-refractivity contribution in [2.75, 3.05) is 25.0 Å². The molecule has 2 unspecified atom stereocenters. The maximum Gasteiger partial charge on any atom is 0.410 e. The van der Waals surface area contributed by atoms with Crippen molar-refractivity contribution in [2.24, 2.45) is 11.3 Å². The molecule has 0 aromatic carbocycles. The topological polar surface area (TPSA) is 76.6 Å². The van der Waals surface area contributed by atoms with Crippen LogP contribution in [0.3, 0.4) is 0 Å². The molecule has 1 aromatic heterocycles. The number of fused-ring (bicyclic) bond motifs is 1. The van der Waals surface area contributed by atoms with Crippen molar-refractivity contribution in [2.45, 2.75) is 53.1 Å². The number of rotatable bonds is 9. The second kappa shape index (κ2) is 10.1. The number of amides is 1. The largest absolute Gasteiger partial charge is 0.477 e. The van der Waals surface area contributed by atoms with Gasteiger partial charge in [-0.1, -0.05) is 25.7 Å². The van der Waals surface area contributed by atoms with Gasteiger partial charge in [0.25, 0.3) is 0 Å². The maximum atomic E-state index is 13.8. The molecule has 0 bridgehead atoms. The number of carbonyl (C=O) groups excluding carboxylic acids is 1. The van der Waals surface area contributed by atoms with Crippen molar-refractivity contribution < 1.29 is 18.7 Å². The van der Waals surface area contributed by atoms with Gasteiger partial charge < -0.3 is 19.7 Å². The fourth-order valence-electron chi connectivity index (χ4n) is 3.95. The molecule has 3 rings (SSSR count). The van der Waals surface area contributed by atoms with Crippen LogP contribution in [0.1, 0.15) is 45.6 Å². The minimum absolute atomic E-state index is 0.0722. The van der Waals surface area contributed by atoms with Crippen molar-refractivity contribution >= 4 is 11.9 Å². The number of likely N-dealkylation sites (tertiary alicyclic amines) is 1. The van der Waals surface area contributed by atoms with Crippen LogP contribution < -0.4 is 10.1 Å². The molecule has 2 heterocycles. The van der Waals surface area contributed by atoms with Crippen LogP contribution in [0.2, 0.25) is 0 Å². The SMILES string of the molecule is C=C(F)/C(=C\C=C\CC)Nc1ncnc(OCC23CCN(C(=O)OC(C)C)CC2C3)c1C. The summed E-state index contributed by atoms with van der Waals surface area (Å²) in [5, 5.41) is 2.98. The number of halogens is 1. The Labute approximate surface area is 189 Å². The van der Waals surface area contributed by atoms with Crippen molar-refractivity contribution in [1.29, 1.82) is 0 Å². The first-order chi connectivity index (χ1) is 15.3. The quantitative estimate of drug-likeness (QED) is 0.530. The Morgan fingerprint density at radius 3 is 2.91 bits per heavy atom. The van der Waals surface area contributed by atoms with Gasteiger partial charge in [-0.2, -0.15) is 0 Å². The van der Waals surface area contributed by atoms with E-state index < -0.39 is 5.83 Å². The molecule has 174 valence electrons. The van der Waals surface area contributed by atoms with Gasteiger partial charge in [-0.15, -0.1) is 0 Å². The molecular weight excluding hydrogens is 411 g/mol. The Kier molecular flexibility index (Phi) is 7.53. The van der Waals surface area contributed by atoms with Crippen LogP contribution in [0.5, 0.6) is 5.88 Å². The summed E-state index contributed by atoms with van der Waals surface area (Å²) in [4.78, 5) is 22.5. The van der Waals surface area contributed by atoms with Crippen LogP contribution in [-0.2, 0) is 4.74 Å². The Morgan fingerprint density at radius 2 is 2.25 bits per heavy atom. The van der Waals surface area contributed by atoms with Crippen molar-refractivity contribution in [3.8, 4) is 5.88 Å². The van der Waals surface area contributed by atoms with E-state index in [1.54, 1.807) is 17.1 Å². The van der Waals surface area contributed by atoms with Gasteiger partial charge in [-0.25, -0.2) is 19.2 Å². The van der Waals surface area contributed by atoms with Crippen LogP contribution in [0.25, 0.3) is 0 Å². The first-order valence-corrected chi connectivity index (χ1v) is 11.1. The number of nitrogens with one attached hydrogen (secondary N) is 1. The van der Waals surface area contributed by atoms with Gasteiger partial charge in [-0.3, -0.25) is 0 Å². The van der Waals surface area contributed by atoms with E-state index in [2.05, 4.69) is 21.9 Å². The second-order valence-electron chi connectivity index (χ2n) is 8.78. The molecule has 1 aromatic rings. The minimum Gasteiger partial charge on any atom is -0.477 e. The standard InChI is InChI=1S/C24H33FN4O3/c1-6-7-8-9-20(18(5)25)28-21-17(4)22(27-15-26-21)31-14-24-10-11-29(13-19(24)12-24)23(30)32-16(2)3/h7-9,15-16,19H,5-6,10-14H2,1-4H3,(H,26,27,28)/b8-7+,20-9+. The molecule has 1 saturated heterocycles. The number of aromatic nitrogens is 2. The maximum absolute atomic E-state index is 13.8. The highest BCUT2D eigenvalue weighted by molar-refractivity contribution is 5.68. The summed E-state index contributed by atoms with van der Waals surface area (Å²) in [5.41, 5.74) is 1.01. The van der Waals surface area contributed by atoms with Gasteiger partial charge in [0.2, 0.25) is 5.88 Å². The summed E-state index contributed by atoms with van der Waals surface area (Å²) < 4.78 is 25.2. The zero-order chi connectivity index (χ0) is 23.3. The Balaban J connectivity index is 1.60. The Bertz CT molecular complexity index is 915. The van der Waals surface area contributed by atoms with E-state index in [1.165, 1.54) is 6.33 Å². The minimum atomic E-state index is -0.575. The molecule has 1 amide bonds. The van der Waals surface area contributed by atoms with Crippen LogP contribution >= 0.6 is 0 Å². The lowest BCUT2D eigenvalue weighted by molar-refractivity contribution is 0.0586. The number of nitrogens with zero attached hydrogens (tertiary/aromatic N) is 3. The molecule has 7 nitrogen and oxygen atoms in total. The number of carbonyl (C=O) groups is 1. The predicted molar refractivity (Wildman–Crippen MR) is 122 cm³/mol. The Hall–Kier alpha value is -2.90. The average molecular weight is 445 g/mol. The smallest absolute Gasteiger partial charge is 0.410 e. The molecule has 0 spiro atoms. The van der Waals surface area contributed by atoms with Gasteiger partial charge in [-0.05, 0) is 52.0 Å². The normalized spacial score (nSPS) is 22.6. The van der Waals surface area contributed by atoms with Crippen LogP contribution in [0, 0.1) is 18.3 Å². The number of hydrogen-bond acceptors (Lipinski definition) is 6. The third-order valence-corrected chi connectivity index (χ3v) is 5.99. The van der Waals surface area contributed by atoms with Gasteiger partial charge in [0, 0.05) is 18.5 Å². The highest BCUT2D eigenvalue weighted by Crippen LogP contribution is 2.58. The number of piperidine rings is 1.